The molecule has 0 aliphatic carbocycles. The van der Waals surface area contributed by atoms with Crippen LogP contribution in [-0.2, 0) is 19.1 Å². The molecule has 8 nitrogen and oxygen atoms in total. The molecule has 1 unspecified atom stereocenters. The molecule has 1 atom stereocenters. The molecule has 0 spiro atoms. The Hall–Kier alpha value is -3.07. The molecule has 160 valence electrons. The SMILES string of the molecule is COC(=O)COc1ccc(C(=O)NC(CC(=O)OC)c2ccc(Br)cc2)cc1OC. The van der Waals surface area contributed by atoms with E-state index in [4.69, 9.17) is 14.2 Å². The number of rotatable bonds is 9. The number of esters is 2. The molecule has 30 heavy (non-hydrogen) atoms. The van der Waals surface area contributed by atoms with Crippen LogP contribution in [0.4, 0.5) is 0 Å². The summed E-state index contributed by atoms with van der Waals surface area (Å²) in [4.78, 5) is 35.9. The maximum atomic E-state index is 12.8. The molecule has 0 heterocycles. The molecule has 0 fully saturated rings. The summed E-state index contributed by atoms with van der Waals surface area (Å²) in [5.41, 5.74) is 1.05. The zero-order chi connectivity index (χ0) is 22.1. The zero-order valence-corrected chi connectivity index (χ0v) is 18.4. The summed E-state index contributed by atoms with van der Waals surface area (Å²) in [6.07, 6.45) is -0.0265. The van der Waals surface area contributed by atoms with Crippen molar-refractivity contribution in [3.63, 3.8) is 0 Å². The maximum Gasteiger partial charge on any atom is 0.343 e. The van der Waals surface area contributed by atoms with E-state index in [2.05, 4.69) is 26.0 Å². The predicted octanol–water partition coefficient (Wildman–Crippen LogP) is 3.04. The predicted molar refractivity (Wildman–Crippen MR) is 111 cm³/mol. The van der Waals surface area contributed by atoms with E-state index in [1.165, 1.54) is 39.5 Å². The number of methoxy groups -OCH3 is 3. The highest BCUT2D eigenvalue weighted by molar-refractivity contribution is 9.10. The van der Waals surface area contributed by atoms with Crippen LogP contribution < -0.4 is 14.8 Å². The number of benzene rings is 2. The van der Waals surface area contributed by atoms with Crippen LogP contribution in [0.2, 0.25) is 0 Å². The topological polar surface area (TPSA) is 100 Å². The van der Waals surface area contributed by atoms with Gasteiger partial charge in [0, 0.05) is 10.0 Å². The highest BCUT2D eigenvalue weighted by Crippen LogP contribution is 2.29. The summed E-state index contributed by atoms with van der Waals surface area (Å²) in [6, 6.07) is 11.2. The normalized spacial score (nSPS) is 11.2. The van der Waals surface area contributed by atoms with Crippen molar-refractivity contribution in [2.45, 2.75) is 12.5 Å². The van der Waals surface area contributed by atoms with Crippen LogP contribution in [0.3, 0.4) is 0 Å². The van der Waals surface area contributed by atoms with Gasteiger partial charge in [0.15, 0.2) is 18.1 Å². The summed E-state index contributed by atoms with van der Waals surface area (Å²) < 4.78 is 20.8. The van der Waals surface area contributed by atoms with Gasteiger partial charge in [-0.15, -0.1) is 0 Å². The standard InChI is InChI=1S/C21H22BrNO7/c1-27-18-10-14(6-9-17(18)30-12-20(25)29-3)21(26)23-16(11-19(24)28-2)13-4-7-15(22)8-5-13/h4-10,16H,11-12H2,1-3H3,(H,23,26). The molecule has 0 aromatic heterocycles. The molecular formula is C21H22BrNO7. The fourth-order valence-electron chi connectivity index (χ4n) is 2.56. The Kier molecular flexibility index (Phi) is 8.67. The lowest BCUT2D eigenvalue weighted by molar-refractivity contribution is -0.143. The molecule has 0 saturated heterocycles. The highest BCUT2D eigenvalue weighted by atomic mass is 79.9. The number of nitrogens with one attached hydrogen (secondary N) is 1. The lowest BCUT2D eigenvalue weighted by Gasteiger charge is -2.19. The highest BCUT2D eigenvalue weighted by Gasteiger charge is 2.21. The number of amides is 1. The van der Waals surface area contributed by atoms with Gasteiger partial charge in [-0.05, 0) is 35.9 Å². The lowest BCUT2D eigenvalue weighted by Crippen LogP contribution is -2.30. The van der Waals surface area contributed by atoms with Crippen molar-refractivity contribution in [1.29, 1.82) is 0 Å². The molecule has 0 aliphatic heterocycles. The minimum Gasteiger partial charge on any atom is -0.493 e. The molecule has 0 bridgehead atoms. The van der Waals surface area contributed by atoms with E-state index < -0.39 is 23.9 Å². The Labute approximate surface area is 182 Å². The number of carbonyl (C=O) groups excluding carboxylic acids is 3. The van der Waals surface area contributed by atoms with Crippen LogP contribution in [0.5, 0.6) is 11.5 Å². The number of halogens is 1. The first-order chi connectivity index (χ1) is 14.4. The summed E-state index contributed by atoms with van der Waals surface area (Å²) in [6.45, 7) is -0.289. The van der Waals surface area contributed by atoms with Crippen molar-refractivity contribution in [2.75, 3.05) is 27.9 Å². The molecule has 1 amide bonds. The van der Waals surface area contributed by atoms with Crippen molar-refractivity contribution in [1.82, 2.24) is 5.32 Å². The minimum absolute atomic E-state index is 0.0265. The molecular weight excluding hydrogens is 458 g/mol. The smallest absolute Gasteiger partial charge is 0.343 e. The van der Waals surface area contributed by atoms with Crippen LogP contribution >= 0.6 is 15.9 Å². The van der Waals surface area contributed by atoms with Gasteiger partial charge in [0.2, 0.25) is 0 Å². The molecule has 0 aliphatic rings. The zero-order valence-electron chi connectivity index (χ0n) is 16.8. The van der Waals surface area contributed by atoms with E-state index in [1.54, 1.807) is 0 Å². The molecule has 2 aromatic carbocycles. The van der Waals surface area contributed by atoms with E-state index in [9.17, 15) is 14.4 Å². The Morgan fingerprint density at radius 1 is 0.933 bits per heavy atom. The van der Waals surface area contributed by atoms with Crippen molar-refractivity contribution in [3.8, 4) is 11.5 Å². The van der Waals surface area contributed by atoms with E-state index in [0.717, 1.165) is 10.0 Å². The monoisotopic (exact) mass is 479 g/mol. The fourth-order valence-corrected chi connectivity index (χ4v) is 2.83. The molecule has 2 aromatic rings. The van der Waals surface area contributed by atoms with E-state index >= 15 is 0 Å². The van der Waals surface area contributed by atoms with Gasteiger partial charge >= 0.3 is 11.9 Å². The van der Waals surface area contributed by atoms with Gasteiger partial charge in [0.1, 0.15) is 0 Å². The second-order valence-corrected chi connectivity index (χ2v) is 7.00. The lowest BCUT2D eigenvalue weighted by atomic mass is 10.0. The second-order valence-electron chi connectivity index (χ2n) is 6.09. The molecule has 0 saturated carbocycles. The van der Waals surface area contributed by atoms with Crippen molar-refractivity contribution in [2.24, 2.45) is 0 Å². The quantitative estimate of drug-likeness (QED) is 0.551. The average molecular weight is 480 g/mol. The van der Waals surface area contributed by atoms with Gasteiger partial charge < -0.3 is 24.3 Å². The Bertz CT molecular complexity index is 899. The van der Waals surface area contributed by atoms with Crippen LogP contribution in [0, 0.1) is 0 Å². The maximum absolute atomic E-state index is 12.8. The second kappa shape index (κ2) is 11.2. The first-order valence-corrected chi connectivity index (χ1v) is 9.68. The summed E-state index contributed by atoms with van der Waals surface area (Å²) in [7, 11) is 3.97. The third kappa shape index (κ3) is 6.48. The fraction of sp³-hybridized carbons (Fsp3) is 0.286. The first-order valence-electron chi connectivity index (χ1n) is 8.88. The van der Waals surface area contributed by atoms with Crippen molar-refractivity contribution >= 4 is 33.8 Å². The largest absolute Gasteiger partial charge is 0.493 e. The third-order valence-electron chi connectivity index (χ3n) is 4.18. The Morgan fingerprint density at radius 2 is 1.60 bits per heavy atom. The van der Waals surface area contributed by atoms with Gasteiger partial charge in [-0.2, -0.15) is 0 Å². The van der Waals surface area contributed by atoms with Gasteiger partial charge in [0.05, 0.1) is 33.8 Å². The number of ether oxygens (including phenoxy) is 4. The van der Waals surface area contributed by atoms with Crippen LogP contribution in [-0.4, -0.2) is 45.8 Å². The molecule has 2 rings (SSSR count). The Balaban J connectivity index is 2.20. The molecule has 9 heteroatoms. The molecule has 0 radical (unpaired) electrons. The number of hydrogen-bond donors (Lipinski definition) is 1. The van der Waals surface area contributed by atoms with Crippen LogP contribution in [0.1, 0.15) is 28.4 Å². The summed E-state index contributed by atoms with van der Waals surface area (Å²) in [5.74, 6) is -0.839. The third-order valence-corrected chi connectivity index (χ3v) is 4.70. The summed E-state index contributed by atoms with van der Waals surface area (Å²) >= 11 is 3.36. The van der Waals surface area contributed by atoms with E-state index in [0.29, 0.717) is 11.3 Å². The average Bonchev–Trinajstić information content (AvgIpc) is 2.77. The van der Waals surface area contributed by atoms with Crippen molar-refractivity contribution in [3.05, 3.63) is 58.1 Å². The summed E-state index contributed by atoms with van der Waals surface area (Å²) in [5, 5.41) is 2.84. The number of hydrogen-bond acceptors (Lipinski definition) is 7. The van der Waals surface area contributed by atoms with E-state index in [1.807, 2.05) is 24.3 Å². The van der Waals surface area contributed by atoms with Crippen LogP contribution in [0.25, 0.3) is 0 Å². The van der Waals surface area contributed by atoms with Gasteiger partial charge in [-0.25, -0.2) is 4.79 Å². The van der Waals surface area contributed by atoms with Gasteiger partial charge in [-0.3, -0.25) is 9.59 Å². The van der Waals surface area contributed by atoms with Gasteiger partial charge in [-0.1, -0.05) is 28.1 Å². The van der Waals surface area contributed by atoms with E-state index in [-0.39, 0.29) is 18.8 Å². The van der Waals surface area contributed by atoms with Crippen molar-refractivity contribution < 1.29 is 33.3 Å². The Morgan fingerprint density at radius 3 is 2.20 bits per heavy atom. The first kappa shape index (κ1) is 23.2. The minimum atomic E-state index is -0.584. The van der Waals surface area contributed by atoms with Gasteiger partial charge in [0.25, 0.3) is 5.91 Å². The van der Waals surface area contributed by atoms with Crippen LogP contribution in [0.15, 0.2) is 46.9 Å². The number of carbonyl (C=O) groups is 3. The molecule has 1 N–H and O–H groups in total.